The molecule has 30 heavy (non-hydrogen) atoms. The molecule has 0 aliphatic heterocycles. The second-order valence-electron chi connectivity index (χ2n) is 6.31. The highest BCUT2D eigenvalue weighted by Crippen LogP contribution is 2.26. The quantitative estimate of drug-likeness (QED) is 0.587. The van der Waals surface area contributed by atoms with E-state index in [9.17, 15) is 17.6 Å². The zero-order valence-electron chi connectivity index (χ0n) is 16.3. The van der Waals surface area contributed by atoms with Crippen LogP contribution in [0.4, 0.5) is 15.8 Å². The summed E-state index contributed by atoms with van der Waals surface area (Å²) in [6.45, 7) is 1.87. The average Bonchev–Trinajstić information content (AvgIpc) is 2.75. The van der Waals surface area contributed by atoms with Crippen LogP contribution in [0.1, 0.15) is 6.92 Å². The number of halogens is 1. The van der Waals surface area contributed by atoms with Crippen molar-refractivity contribution in [1.29, 1.82) is 0 Å². The van der Waals surface area contributed by atoms with Crippen molar-refractivity contribution in [2.45, 2.75) is 11.8 Å². The van der Waals surface area contributed by atoms with Crippen LogP contribution < -0.4 is 14.4 Å². The summed E-state index contributed by atoms with van der Waals surface area (Å²) in [6, 6.07) is 19.5. The predicted octanol–water partition coefficient (Wildman–Crippen LogP) is 4.06. The Morgan fingerprint density at radius 2 is 1.60 bits per heavy atom. The zero-order chi connectivity index (χ0) is 21.6. The molecule has 0 atom stereocenters. The minimum Gasteiger partial charge on any atom is -0.494 e. The molecule has 0 aliphatic carbocycles. The van der Waals surface area contributed by atoms with Crippen LogP contribution in [0.25, 0.3) is 0 Å². The second-order valence-corrected chi connectivity index (χ2v) is 8.17. The zero-order valence-corrected chi connectivity index (χ0v) is 17.1. The minimum atomic E-state index is -4.00. The molecular weight excluding hydrogens is 407 g/mol. The summed E-state index contributed by atoms with van der Waals surface area (Å²) in [7, 11) is -4.00. The van der Waals surface area contributed by atoms with Gasteiger partial charge < -0.3 is 10.1 Å². The number of amides is 1. The molecule has 156 valence electrons. The summed E-state index contributed by atoms with van der Waals surface area (Å²) in [5.41, 5.74) is 0.682. The Balaban J connectivity index is 1.90. The maximum absolute atomic E-state index is 13.2. The Morgan fingerprint density at radius 3 is 2.20 bits per heavy atom. The third-order valence-electron chi connectivity index (χ3n) is 4.18. The molecule has 0 heterocycles. The number of benzene rings is 3. The SMILES string of the molecule is CCOc1ccc(N(CC(=O)Nc2ccc(F)cc2)S(=O)(=O)c2ccccc2)cc1. The molecule has 1 N–H and O–H groups in total. The molecule has 0 spiro atoms. The highest BCUT2D eigenvalue weighted by molar-refractivity contribution is 7.92. The van der Waals surface area contributed by atoms with Gasteiger partial charge in [-0.1, -0.05) is 18.2 Å². The van der Waals surface area contributed by atoms with Crippen LogP contribution in [0.15, 0.2) is 83.8 Å². The van der Waals surface area contributed by atoms with E-state index in [1.807, 2.05) is 6.92 Å². The smallest absolute Gasteiger partial charge is 0.264 e. The normalized spacial score (nSPS) is 11.0. The van der Waals surface area contributed by atoms with Crippen LogP contribution in [0.3, 0.4) is 0 Å². The monoisotopic (exact) mass is 428 g/mol. The first-order valence-corrected chi connectivity index (χ1v) is 10.7. The number of ether oxygens (including phenoxy) is 1. The maximum Gasteiger partial charge on any atom is 0.264 e. The van der Waals surface area contributed by atoms with Crippen LogP contribution in [0.2, 0.25) is 0 Å². The van der Waals surface area contributed by atoms with E-state index in [0.29, 0.717) is 23.7 Å². The molecule has 0 saturated heterocycles. The fraction of sp³-hybridized carbons (Fsp3) is 0.136. The molecule has 0 bridgehead atoms. The van der Waals surface area contributed by atoms with E-state index in [1.54, 1.807) is 42.5 Å². The topological polar surface area (TPSA) is 75.7 Å². The number of nitrogens with one attached hydrogen (secondary N) is 1. The Hall–Kier alpha value is -3.39. The second kappa shape index (κ2) is 9.41. The number of hydrogen-bond donors (Lipinski definition) is 1. The minimum absolute atomic E-state index is 0.0634. The molecule has 1 amide bonds. The number of hydrogen-bond acceptors (Lipinski definition) is 4. The third kappa shape index (κ3) is 5.15. The lowest BCUT2D eigenvalue weighted by Gasteiger charge is -2.24. The van der Waals surface area contributed by atoms with Gasteiger partial charge in [0, 0.05) is 5.69 Å². The standard InChI is InChI=1S/C22H21FN2O4S/c1-2-29-20-14-12-19(13-15-20)25(30(27,28)21-6-4-3-5-7-21)16-22(26)24-18-10-8-17(23)9-11-18/h3-15H,2,16H2,1H3,(H,24,26). The Labute approximate surface area is 175 Å². The van der Waals surface area contributed by atoms with Crippen molar-refractivity contribution in [2.24, 2.45) is 0 Å². The van der Waals surface area contributed by atoms with Gasteiger partial charge in [0.05, 0.1) is 17.2 Å². The predicted molar refractivity (Wildman–Crippen MR) is 114 cm³/mol. The molecule has 0 fully saturated rings. The van der Waals surface area contributed by atoms with Gasteiger partial charge >= 0.3 is 0 Å². The highest BCUT2D eigenvalue weighted by atomic mass is 32.2. The van der Waals surface area contributed by atoms with E-state index < -0.39 is 28.3 Å². The molecule has 8 heteroatoms. The van der Waals surface area contributed by atoms with Gasteiger partial charge in [-0.3, -0.25) is 9.10 Å². The van der Waals surface area contributed by atoms with Crippen LogP contribution in [-0.2, 0) is 14.8 Å². The number of rotatable bonds is 8. The van der Waals surface area contributed by atoms with Crippen molar-refractivity contribution in [1.82, 2.24) is 0 Å². The van der Waals surface area contributed by atoms with Crippen molar-refractivity contribution >= 4 is 27.3 Å². The van der Waals surface area contributed by atoms with E-state index in [-0.39, 0.29) is 4.90 Å². The van der Waals surface area contributed by atoms with Crippen molar-refractivity contribution in [3.05, 3.63) is 84.7 Å². The number of carbonyl (C=O) groups excluding carboxylic acids is 1. The Morgan fingerprint density at radius 1 is 0.967 bits per heavy atom. The largest absolute Gasteiger partial charge is 0.494 e. The molecule has 0 aliphatic rings. The lowest BCUT2D eigenvalue weighted by molar-refractivity contribution is -0.114. The van der Waals surface area contributed by atoms with Crippen LogP contribution in [0.5, 0.6) is 5.75 Å². The molecule has 0 unspecified atom stereocenters. The average molecular weight is 428 g/mol. The lowest BCUT2D eigenvalue weighted by atomic mass is 10.3. The first-order valence-electron chi connectivity index (χ1n) is 9.26. The fourth-order valence-electron chi connectivity index (χ4n) is 2.77. The highest BCUT2D eigenvalue weighted by Gasteiger charge is 2.27. The summed E-state index contributed by atoms with van der Waals surface area (Å²) in [6.07, 6.45) is 0. The summed E-state index contributed by atoms with van der Waals surface area (Å²) in [5.74, 6) is -0.403. The molecule has 3 rings (SSSR count). The van der Waals surface area contributed by atoms with Crippen LogP contribution in [-0.4, -0.2) is 27.5 Å². The van der Waals surface area contributed by atoms with E-state index in [1.165, 1.54) is 36.4 Å². The van der Waals surface area contributed by atoms with Gasteiger partial charge in [0.25, 0.3) is 10.0 Å². The van der Waals surface area contributed by atoms with Crippen molar-refractivity contribution < 1.29 is 22.3 Å². The molecule has 3 aromatic carbocycles. The first-order chi connectivity index (χ1) is 14.4. The molecule has 0 aromatic heterocycles. The Bertz CT molecular complexity index is 1090. The van der Waals surface area contributed by atoms with Gasteiger partial charge in [-0.05, 0) is 67.6 Å². The molecule has 3 aromatic rings. The summed E-state index contributed by atoms with van der Waals surface area (Å²) < 4.78 is 46.0. The van der Waals surface area contributed by atoms with Gasteiger partial charge in [0.15, 0.2) is 0 Å². The van der Waals surface area contributed by atoms with Gasteiger partial charge in [-0.15, -0.1) is 0 Å². The fourth-order valence-corrected chi connectivity index (χ4v) is 4.22. The van der Waals surface area contributed by atoms with Crippen molar-refractivity contribution in [2.75, 3.05) is 22.8 Å². The number of anilines is 2. The van der Waals surface area contributed by atoms with Crippen molar-refractivity contribution in [3.8, 4) is 5.75 Å². The number of carbonyl (C=O) groups is 1. The third-order valence-corrected chi connectivity index (χ3v) is 5.97. The van der Waals surface area contributed by atoms with Crippen molar-refractivity contribution in [3.63, 3.8) is 0 Å². The van der Waals surface area contributed by atoms with E-state index >= 15 is 0 Å². The number of nitrogens with zero attached hydrogens (tertiary/aromatic N) is 1. The summed E-state index contributed by atoms with van der Waals surface area (Å²) in [4.78, 5) is 12.7. The van der Waals surface area contributed by atoms with Gasteiger partial charge in [0.1, 0.15) is 18.1 Å². The molecule has 0 radical (unpaired) electrons. The van der Waals surface area contributed by atoms with Crippen LogP contribution >= 0.6 is 0 Å². The summed E-state index contributed by atoms with van der Waals surface area (Å²) >= 11 is 0. The first kappa shape index (κ1) is 21.3. The lowest BCUT2D eigenvalue weighted by Crippen LogP contribution is -2.38. The van der Waals surface area contributed by atoms with Gasteiger partial charge in [-0.25, -0.2) is 12.8 Å². The number of sulfonamides is 1. The summed E-state index contributed by atoms with van der Waals surface area (Å²) in [5, 5.41) is 2.59. The van der Waals surface area contributed by atoms with E-state index in [2.05, 4.69) is 5.32 Å². The molecule has 0 saturated carbocycles. The maximum atomic E-state index is 13.2. The van der Waals surface area contributed by atoms with Gasteiger partial charge in [-0.2, -0.15) is 0 Å². The van der Waals surface area contributed by atoms with Crippen LogP contribution in [0, 0.1) is 5.82 Å². The van der Waals surface area contributed by atoms with E-state index in [4.69, 9.17) is 4.74 Å². The molecule has 6 nitrogen and oxygen atoms in total. The Kier molecular flexibility index (Phi) is 6.68. The van der Waals surface area contributed by atoms with E-state index in [0.717, 1.165) is 4.31 Å². The van der Waals surface area contributed by atoms with Gasteiger partial charge in [0.2, 0.25) is 5.91 Å². The molecular formula is C22H21FN2O4S.